The molecule has 29 heavy (non-hydrogen) atoms. The Kier molecular flexibility index (Phi) is 7.13. The van der Waals surface area contributed by atoms with E-state index in [1.807, 2.05) is 0 Å². The average molecular weight is 432 g/mol. The van der Waals surface area contributed by atoms with Crippen LogP contribution in [-0.2, 0) is 16.2 Å². The molecular formula is C19H26F2N2O5S. The maximum absolute atomic E-state index is 13.7. The highest BCUT2D eigenvalue weighted by atomic mass is 32.2. The topological polar surface area (TPSA) is 113 Å². The van der Waals surface area contributed by atoms with Gasteiger partial charge in [0.25, 0.3) is 0 Å². The van der Waals surface area contributed by atoms with Crippen LogP contribution in [0.15, 0.2) is 18.2 Å². The largest absolute Gasteiger partial charge is 0.598 e. The van der Waals surface area contributed by atoms with Gasteiger partial charge in [-0.3, -0.25) is 4.90 Å². The lowest BCUT2D eigenvalue weighted by molar-refractivity contribution is -0.149. The fourth-order valence-electron chi connectivity index (χ4n) is 3.51. The van der Waals surface area contributed by atoms with Crippen LogP contribution >= 0.6 is 0 Å². The zero-order valence-corrected chi connectivity index (χ0v) is 17.4. The van der Waals surface area contributed by atoms with Gasteiger partial charge >= 0.3 is 12.1 Å². The molecule has 2 rings (SSSR count). The van der Waals surface area contributed by atoms with Gasteiger partial charge in [0.05, 0.1) is 6.04 Å². The minimum Gasteiger partial charge on any atom is -0.598 e. The molecule has 0 radical (unpaired) electrons. The number of carboxylic acids is 1. The van der Waals surface area contributed by atoms with E-state index in [4.69, 9.17) is 0 Å². The number of hydrogen-bond acceptors (Lipinski definition) is 4. The van der Waals surface area contributed by atoms with E-state index < -0.39 is 51.4 Å². The van der Waals surface area contributed by atoms with Gasteiger partial charge in [-0.2, -0.15) is 0 Å². The molecule has 7 nitrogen and oxygen atoms in total. The van der Waals surface area contributed by atoms with Crippen molar-refractivity contribution in [3.8, 4) is 0 Å². The van der Waals surface area contributed by atoms with Crippen LogP contribution in [0.1, 0.15) is 58.1 Å². The smallest absolute Gasteiger partial charge is 0.408 e. The summed E-state index contributed by atoms with van der Waals surface area (Å²) in [6, 6.07) is 2.08. The second-order valence-corrected chi connectivity index (χ2v) is 10.2. The van der Waals surface area contributed by atoms with Gasteiger partial charge in [0.1, 0.15) is 21.9 Å². The van der Waals surface area contributed by atoms with Crippen molar-refractivity contribution in [2.75, 3.05) is 6.54 Å². The monoisotopic (exact) mass is 432 g/mol. The van der Waals surface area contributed by atoms with Crippen molar-refractivity contribution in [3.63, 3.8) is 0 Å². The van der Waals surface area contributed by atoms with E-state index in [9.17, 15) is 33.1 Å². The zero-order chi connectivity index (χ0) is 22.0. The Bertz CT molecular complexity index is 753. The number of benzene rings is 1. The number of nitrogens with one attached hydrogen (secondary N) is 1. The van der Waals surface area contributed by atoms with E-state index >= 15 is 0 Å². The predicted molar refractivity (Wildman–Crippen MR) is 104 cm³/mol. The summed E-state index contributed by atoms with van der Waals surface area (Å²) in [7, 11) is 0. The lowest BCUT2D eigenvalue weighted by Gasteiger charge is -2.34. The average Bonchev–Trinajstić information content (AvgIpc) is 3.02. The second-order valence-electron chi connectivity index (χ2n) is 8.17. The molecule has 0 bridgehead atoms. The third-order valence-corrected chi connectivity index (χ3v) is 6.67. The molecule has 0 spiro atoms. The SMILES string of the molecule is CC(C)(C)[S@+]([O-])N[C@@H](CC[C@@]1(C(=O)O)CCCN1C(=O)O)c1cc(F)cc(F)c1. The molecule has 1 amide bonds. The normalized spacial score (nSPS) is 21.8. The molecule has 1 saturated heterocycles. The number of likely N-dealkylation sites (tertiary alicyclic amines) is 1. The van der Waals surface area contributed by atoms with Crippen LogP contribution in [0.25, 0.3) is 0 Å². The Morgan fingerprint density at radius 1 is 1.28 bits per heavy atom. The quantitative estimate of drug-likeness (QED) is 0.569. The first-order valence-electron chi connectivity index (χ1n) is 9.25. The number of carboxylic acid groups (broad SMARTS) is 2. The Balaban J connectivity index is 2.33. The number of nitrogens with zero attached hydrogens (tertiary/aromatic N) is 1. The summed E-state index contributed by atoms with van der Waals surface area (Å²) in [4.78, 5) is 24.4. The molecule has 1 aliphatic heterocycles. The minimum atomic E-state index is -1.62. The molecule has 3 N–H and O–H groups in total. The number of rotatable bonds is 7. The fraction of sp³-hybridized carbons (Fsp3) is 0.579. The summed E-state index contributed by atoms with van der Waals surface area (Å²) in [5, 5.41) is 19.2. The Morgan fingerprint density at radius 2 is 1.86 bits per heavy atom. The summed E-state index contributed by atoms with van der Waals surface area (Å²) in [6.07, 6.45) is -0.850. The summed E-state index contributed by atoms with van der Waals surface area (Å²) in [5.41, 5.74) is -1.44. The van der Waals surface area contributed by atoms with Crippen LogP contribution in [0.2, 0.25) is 0 Å². The van der Waals surface area contributed by atoms with Crippen molar-refractivity contribution in [3.05, 3.63) is 35.4 Å². The highest BCUT2D eigenvalue weighted by molar-refractivity contribution is 7.90. The Hall–Kier alpha value is -1.91. The van der Waals surface area contributed by atoms with Gasteiger partial charge in [0, 0.05) is 24.0 Å². The maximum atomic E-state index is 13.7. The Morgan fingerprint density at radius 3 is 2.34 bits per heavy atom. The molecule has 0 aliphatic carbocycles. The highest BCUT2D eigenvalue weighted by Gasteiger charge is 2.50. The van der Waals surface area contributed by atoms with Crippen LogP contribution < -0.4 is 4.72 Å². The van der Waals surface area contributed by atoms with Crippen LogP contribution in [-0.4, -0.2) is 48.6 Å². The van der Waals surface area contributed by atoms with Gasteiger partial charge in [-0.1, -0.05) is 0 Å². The molecule has 0 unspecified atom stereocenters. The van der Waals surface area contributed by atoms with Gasteiger partial charge in [-0.15, -0.1) is 4.72 Å². The zero-order valence-electron chi connectivity index (χ0n) is 16.6. The molecule has 0 aromatic heterocycles. The van der Waals surface area contributed by atoms with E-state index in [2.05, 4.69) is 4.72 Å². The van der Waals surface area contributed by atoms with Crippen LogP contribution in [0.3, 0.4) is 0 Å². The summed E-state index contributed by atoms with van der Waals surface area (Å²) in [6.45, 7) is 5.27. The van der Waals surface area contributed by atoms with Crippen molar-refractivity contribution in [2.45, 2.75) is 62.8 Å². The standard InChI is InChI=1S/C19H26F2N2O5S/c1-18(2,3)29(28)22-15(12-9-13(20)11-14(21)10-12)5-7-19(16(24)25)6-4-8-23(19)17(26)27/h9-11,15,22H,4-8H2,1-3H3,(H,24,25)(H,26,27)/t15-,19+,29-/m0/s1. The first-order valence-corrected chi connectivity index (χ1v) is 10.4. The van der Waals surface area contributed by atoms with Gasteiger partial charge in [-0.25, -0.2) is 18.4 Å². The third kappa shape index (κ3) is 5.37. The predicted octanol–water partition coefficient (Wildman–Crippen LogP) is 3.44. The van der Waals surface area contributed by atoms with E-state index in [1.165, 1.54) is 0 Å². The maximum Gasteiger partial charge on any atom is 0.408 e. The molecule has 0 saturated carbocycles. The number of carbonyl (C=O) groups is 2. The van der Waals surface area contributed by atoms with Crippen molar-refractivity contribution in [1.29, 1.82) is 0 Å². The number of halogens is 2. The number of amides is 1. The molecular weight excluding hydrogens is 406 g/mol. The van der Waals surface area contributed by atoms with Gasteiger partial charge in [-0.05, 0) is 64.2 Å². The highest BCUT2D eigenvalue weighted by Crippen LogP contribution is 2.37. The van der Waals surface area contributed by atoms with Crippen molar-refractivity contribution in [1.82, 2.24) is 9.62 Å². The molecule has 10 heteroatoms. The second kappa shape index (κ2) is 8.85. The molecule has 1 aromatic carbocycles. The molecule has 162 valence electrons. The lowest BCUT2D eigenvalue weighted by atomic mass is 9.87. The summed E-state index contributed by atoms with van der Waals surface area (Å²) >= 11 is -1.60. The van der Waals surface area contributed by atoms with Crippen molar-refractivity contribution in [2.24, 2.45) is 0 Å². The fourth-order valence-corrected chi connectivity index (χ4v) is 4.37. The first kappa shape index (κ1) is 23.4. The Labute approximate surface area is 171 Å². The molecule has 1 fully saturated rings. The molecule has 1 aromatic rings. The number of hydrogen-bond donors (Lipinski definition) is 3. The molecule has 1 aliphatic rings. The summed E-state index contributed by atoms with van der Waals surface area (Å²) in [5.74, 6) is -2.89. The minimum absolute atomic E-state index is 0.0286. The van der Waals surface area contributed by atoms with Crippen LogP contribution in [0.5, 0.6) is 0 Å². The van der Waals surface area contributed by atoms with Gasteiger partial charge in [0.15, 0.2) is 0 Å². The molecule has 3 atom stereocenters. The third-order valence-electron chi connectivity index (χ3n) is 5.06. The van der Waals surface area contributed by atoms with E-state index in [-0.39, 0.29) is 31.4 Å². The summed E-state index contributed by atoms with van der Waals surface area (Å²) < 4.78 is 42.2. The first-order chi connectivity index (χ1) is 13.4. The molecule has 1 heterocycles. The number of aliphatic carboxylic acids is 1. The van der Waals surface area contributed by atoms with Crippen LogP contribution in [0.4, 0.5) is 13.6 Å². The van der Waals surface area contributed by atoms with Crippen LogP contribution in [0, 0.1) is 11.6 Å². The van der Waals surface area contributed by atoms with E-state index in [1.54, 1.807) is 20.8 Å². The van der Waals surface area contributed by atoms with E-state index in [0.717, 1.165) is 17.0 Å². The van der Waals surface area contributed by atoms with Crippen molar-refractivity contribution < 1.29 is 33.1 Å². The van der Waals surface area contributed by atoms with Crippen molar-refractivity contribution >= 4 is 23.4 Å². The van der Waals surface area contributed by atoms with Gasteiger partial charge in [0.2, 0.25) is 0 Å². The van der Waals surface area contributed by atoms with E-state index in [0.29, 0.717) is 12.5 Å². The lowest BCUT2D eigenvalue weighted by Crippen LogP contribution is -2.53. The van der Waals surface area contributed by atoms with Gasteiger partial charge < -0.3 is 14.8 Å².